The summed E-state index contributed by atoms with van der Waals surface area (Å²) in [6.45, 7) is 4.17. The van der Waals surface area contributed by atoms with Gasteiger partial charge in [0.25, 0.3) is 5.91 Å². The number of ether oxygens (including phenoxy) is 2. The maximum atomic E-state index is 12.7. The number of morpholine rings is 1. The molecule has 0 saturated carbocycles. The molecule has 0 atom stereocenters. The highest BCUT2D eigenvalue weighted by Gasteiger charge is 2.23. The van der Waals surface area contributed by atoms with Crippen molar-refractivity contribution in [1.82, 2.24) is 9.80 Å². The lowest BCUT2D eigenvalue weighted by Gasteiger charge is -2.32. The van der Waals surface area contributed by atoms with Gasteiger partial charge in [0.05, 0.1) is 26.7 Å². The molecule has 2 aromatic carbocycles. The van der Waals surface area contributed by atoms with Gasteiger partial charge in [-0.05, 0) is 60.6 Å². The molecule has 2 amide bonds. The number of nitrogens with zero attached hydrogens (tertiary/aromatic N) is 2. The molecule has 2 saturated heterocycles. The fourth-order valence-electron chi connectivity index (χ4n) is 4.52. The number of hydrogen-bond acceptors (Lipinski definition) is 4. The van der Waals surface area contributed by atoms with Crippen LogP contribution in [0.25, 0.3) is 0 Å². The quantitative estimate of drug-likeness (QED) is 0.698. The third-order valence-corrected chi connectivity index (χ3v) is 6.48. The topological polar surface area (TPSA) is 59.1 Å². The Morgan fingerprint density at radius 2 is 1.66 bits per heavy atom. The SMILES string of the molecule is COc1cccc(CC(=O)N2CCC(Cc3ccc(C(=O)N4CCOCC4)cc3)CC2)c1. The van der Waals surface area contributed by atoms with Crippen LogP contribution in [0.4, 0.5) is 0 Å². The zero-order valence-corrected chi connectivity index (χ0v) is 18.8. The molecule has 0 bridgehead atoms. The van der Waals surface area contributed by atoms with Crippen molar-refractivity contribution in [3.05, 3.63) is 65.2 Å². The summed E-state index contributed by atoms with van der Waals surface area (Å²) in [5.74, 6) is 1.62. The first-order valence-electron chi connectivity index (χ1n) is 11.5. The molecule has 0 aliphatic carbocycles. The predicted molar refractivity (Wildman–Crippen MR) is 123 cm³/mol. The Morgan fingerprint density at radius 3 is 2.34 bits per heavy atom. The van der Waals surface area contributed by atoms with E-state index in [1.807, 2.05) is 46.2 Å². The average Bonchev–Trinajstić information content (AvgIpc) is 2.85. The molecule has 2 heterocycles. The van der Waals surface area contributed by atoms with E-state index in [0.29, 0.717) is 38.6 Å². The number of likely N-dealkylation sites (tertiary alicyclic amines) is 1. The minimum Gasteiger partial charge on any atom is -0.497 e. The van der Waals surface area contributed by atoms with E-state index >= 15 is 0 Å². The Morgan fingerprint density at radius 1 is 0.938 bits per heavy atom. The number of rotatable bonds is 6. The third kappa shape index (κ3) is 5.68. The Kier molecular flexibility index (Phi) is 7.43. The molecule has 0 radical (unpaired) electrons. The summed E-state index contributed by atoms with van der Waals surface area (Å²) in [5, 5.41) is 0. The van der Waals surface area contributed by atoms with E-state index in [2.05, 4.69) is 12.1 Å². The molecule has 4 rings (SSSR count). The monoisotopic (exact) mass is 436 g/mol. The smallest absolute Gasteiger partial charge is 0.254 e. The lowest BCUT2D eigenvalue weighted by Crippen LogP contribution is -2.40. The van der Waals surface area contributed by atoms with E-state index in [1.54, 1.807) is 7.11 Å². The number of methoxy groups -OCH3 is 1. The van der Waals surface area contributed by atoms with Gasteiger partial charge >= 0.3 is 0 Å². The molecule has 2 fully saturated rings. The first-order chi connectivity index (χ1) is 15.6. The van der Waals surface area contributed by atoms with Crippen molar-refractivity contribution in [2.75, 3.05) is 46.5 Å². The van der Waals surface area contributed by atoms with Gasteiger partial charge in [-0.1, -0.05) is 24.3 Å². The number of carbonyl (C=O) groups is 2. The van der Waals surface area contributed by atoms with Crippen molar-refractivity contribution in [2.45, 2.75) is 25.7 Å². The van der Waals surface area contributed by atoms with Crippen LogP contribution in [0.2, 0.25) is 0 Å². The lowest BCUT2D eigenvalue weighted by atomic mass is 9.89. The molecule has 170 valence electrons. The summed E-state index contributed by atoms with van der Waals surface area (Å²) < 4.78 is 10.6. The largest absolute Gasteiger partial charge is 0.497 e. The van der Waals surface area contributed by atoms with Crippen LogP contribution in [0.3, 0.4) is 0 Å². The van der Waals surface area contributed by atoms with Gasteiger partial charge in [0.1, 0.15) is 5.75 Å². The molecule has 2 aliphatic heterocycles. The van der Waals surface area contributed by atoms with Crippen LogP contribution in [0.1, 0.15) is 34.3 Å². The second-order valence-corrected chi connectivity index (χ2v) is 8.66. The molecular formula is C26H32N2O4. The van der Waals surface area contributed by atoms with E-state index in [-0.39, 0.29) is 11.8 Å². The molecule has 2 aromatic rings. The Hall–Kier alpha value is -2.86. The van der Waals surface area contributed by atoms with Crippen molar-refractivity contribution < 1.29 is 19.1 Å². The normalized spacial score (nSPS) is 17.3. The second-order valence-electron chi connectivity index (χ2n) is 8.66. The van der Waals surface area contributed by atoms with Gasteiger partial charge in [-0.2, -0.15) is 0 Å². The Bertz CT molecular complexity index is 914. The molecule has 2 aliphatic rings. The number of piperidine rings is 1. The first kappa shape index (κ1) is 22.3. The van der Waals surface area contributed by atoms with Crippen molar-refractivity contribution in [1.29, 1.82) is 0 Å². The van der Waals surface area contributed by atoms with Gasteiger partial charge < -0.3 is 19.3 Å². The molecule has 32 heavy (non-hydrogen) atoms. The van der Waals surface area contributed by atoms with Gasteiger partial charge in [0.2, 0.25) is 5.91 Å². The van der Waals surface area contributed by atoms with E-state index < -0.39 is 0 Å². The molecule has 0 spiro atoms. The summed E-state index contributed by atoms with van der Waals surface area (Å²) in [7, 11) is 1.64. The summed E-state index contributed by atoms with van der Waals surface area (Å²) in [5.41, 5.74) is 2.99. The maximum Gasteiger partial charge on any atom is 0.254 e. The van der Waals surface area contributed by atoms with E-state index in [1.165, 1.54) is 5.56 Å². The highest BCUT2D eigenvalue weighted by atomic mass is 16.5. The minimum atomic E-state index is 0.0858. The van der Waals surface area contributed by atoms with Crippen LogP contribution in [0.15, 0.2) is 48.5 Å². The highest BCUT2D eigenvalue weighted by molar-refractivity contribution is 5.94. The minimum absolute atomic E-state index is 0.0858. The summed E-state index contributed by atoms with van der Waals surface area (Å²) in [6, 6.07) is 15.8. The van der Waals surface area contributed by atoms with Crippen molar-refractivity contribution in [3.8, 4) is 5.75 Å². The number of hydrogen-bond donors (Lipinski definition) is 0. The van der Waals surface area contributed by atoms with Gasteiger partial charge in [-0.3, -0.25) is 9.59 Å². The van der Waals surface area contributed by atoms with Gasteiger partial charge in [0.15, 0.2) is 0 Å². The zero-order valence-electron chi connectivity index (χ0n) is 18.8. The van der Waals surface area contributed by atoms with Crippen LogP contribution < -0.4 is 4.74 Å². The van der Waals surface area contributed by atoms with E-state index in [4.69, 9.17) is 9.47 Å². The Balaban J connectivity index is 1.24. The predicted octanol–water partition coefficient (Wildman–Crippen LogP) is 3.19. The zero-order chi connectivity index (χ0) is 22.3. The first-order valence-corrected chi connectivity index (χ1v) is 11.5. The van der Waals surface area contributed by atoms with Crippen LogP contribution in [-0.2, 0) is 22.4 Å². The Labute approximate surface area is 190 Å². The standard InChI is InChI=1S/C26H32N2O4/c1-31-24-4-2-3-22(18-24)19-25(29)27-11-9-21(10-12-27)17-20-5-7-23(8-6-20)26(30)28-13-15-32-16-14-28/h2-8,18,21H,9-17,19H2,1H3. The van der Waals surface area contributed by atoms with Crippen molar-refractivity contribution in [3.63, 3.8) is 0 Å². The molecule has 6 heteroatoms. The fraction of sp³-hybridized carbons (Fsp3) is 0.462. The molecule has 0 unspecified atom stereocenters. The summed E-state index contributed by atoms with van der Waals surface area (Å²) in [4.78, 5) is 29.1. The van der Waals surface area contributed by atoms with E-state index in [9.17, 15) is 9.59 Å². The van der Waals surface area contributed by atoms with Crippen LogP contribution in [0.5, 0.6) is 5.75 Å². The number of benzene rings is 2. The van der Waals surface area contributed by atoms with Crippen LogP contribution >= 0.6 is 0 Å². The van der Waals surface area contributed by atoms with Crippen molar-refractivity contribution >= 4 is 11.8 Å². The molecule has 6 nitrogen and oxygen atoms in total. The van der Waals surface area contributed by atoms with Crippen molar-refractivity contribution in [2.24, 2.45) is 5.92 Å². The average molecular weight is 437 g/mol. The van der Waals surface area contributed by atoms with Crippen LogP contribution in [0, 0.1) is 5.92 Å². The summed E-state index contributed by atoms with van der Waals surface area (Å²) in [6.07, 6.45) is 3.43. The second kappa shape index (κ2) is 10.6. The van der Waals surface area contributed by atoms with Gasteiger partial charge in [0, 0.05) is 31.7 Å². The number of carbonyl (C=O) groups excluding carboxylic acids is 2. The molecular weight excluding hydrogens is 404 g/mol. The molecule has 0 N–H and O–H groups in total. The maximum absolute atomic E-state index is 12.7. The highest BCUT2D eigenvalue weighted by Crippen LogP contribution is 2.23. The fourth-order valence-corrected chi connectivity index (χ4v) is 4.52. The van der Waals surface area contributed by atoms with Gasteiger partial charge in [-0.25, -0.2) is 0 Å². The van der Waals surface area contributed by atoms with E-state index in [0.717, 1.165) is 49.2 Å². The number of amides is 2. The molecule has 0 aromatic heterocycles. The third-order valence-electron chi connectivity index (χ3n) is 6.48. The van der Waals surface area contributed by atoms with Crippen LogP contribution in [-0.4, -0.2) is 68.1 Å². The van der Waals surface area contributed by atoms with Gasteiger partial charge in [-0.15, -0.1) is 0 Å². The summed E-state index contributed by atoms with van der Waals surface area (Å²) >= 11 is 0. The lowest BCUT2D eigenvalue weighted by molar-refractivity contribution is -0.131.